The van der Waals surface area contributed by atoms with E-state index in [9.17, 15) is 18.0 Å². The topological polar surface area (TPSA) is 25.2 Å². The van der Waals surface area contributed by atoms with Crippen LogP contribution in [0.5, 0.6) is 0 Å². The molecule has 0 aliphatic rings. The lowest BCUT2D eigenvalue weighted by molar-refractivity contribution is -0.138. The Morgan fingerprint density at radius 3 is 2.63 bits per heavy atom. The van der Waals surface area contributed by atoms with E-state index in [0.717, 1.165) is 37.4 Å². The van der Waals surface area contributed by atoms with E-state index in [1.165, 1.54) is 12.1 Å². The minimum Gasteiger partial charge on any atom is -0.345 e. The summed E-state index contributed by atoms with van der Waals surface area (Å²) in [5.41, 5.74) is 0.796. The summed E-state index contributed by atoms with van der Waals surface area (Å²) in [7, 11) is 0. The van der Waals surface area contributed by atoms with Crippen molar-refractivity contribution in [2.24, 2.45) is 5.92 Å². The third-order valence-corrected chi connectivity index (χ3v) is 5.29. The van der Waals surface area contributed by atoms with Crippen LogP contribution in [-0.4, -0.2) is 21.9 Å². The first-order valence-electron chi connectivity index (χ1n) is 10.5. The minimum atomic E-state index is -4.36. The van der Waals surface area contributed by atoms with Gasteiger partial charge >= 0.3 is 6.18 Å². The number of carbonyl (C=O) groups excluding carboxylic acids is 1. The lowest BCUT2D eigenvalue weighted by atomic mass is 9.97. The molecule has 1 atom stereocenters. The summed E-state index contributed by atoms with van der Waals surface area (Å²) in [4.78, 5) is 14.9. The summed E-state index contributed by atoms with van der Waals surface area (Å²) in [6.45, 7) is 9.07. The fraction of sp³-hybridized carbons (Fsp3) is 0.458. The average Bonchev–Trinajstić information content (AvgIpc) is 3.14. The van der Waals surface area contributed by atoms with Gasteiger partial charge in [-0.1, -0.05) is 44.9 Å². The zero-order valence-corrected chi connectivity index (χ0v) is 17.8. The molecule has 0 bridgehead atoms. The van der Waals surface area contributed by atoms with Crippen molar-refractivity contribution in [2.75, 3.05) is 6.54 Å². The maximum Gasteiger partial charge on any atom is 0.416 e. The van der Waals surface area contributed by atoms with Crippen LogP contribution in [0.25, 0.3) is 0 Å². The molecule has 2 rings (SSSR count). The Morgan fingerprint density at radius 1 is 1.23 bits per heavy atom. The molecule has 0 aliphatic carbocycles. The number of hydrogen-bond donors (Lipinski definition) is 0. The van der Waals surface area contributed by atoms with E-state index < -0.39 is 11.7 Å². The normalized spacial score (nSPS) is 12.6. The Bertz CT molecular complexity index is 826. The summed E-state index contributed by atoms with van der Waals surface area (Å²) in [5.74, 6) is 0.0921. The molecular formula is C24H31F3N2O. The molecule has 1 unspecified atom stereocenters. The van der Waals surface area contributed by atoms with Crippen molar-refractivity contribution < 1.29 is 18.0 Å². The van der Waals surface area contributed by atoms with Crippen LogP contribution in [0.1, 0.15) is 56.4 Å². The lowest BCUT2D eigenvalue weighted by Crippen LogP contribution is -2.36. The Morgan fingerprint density at radius 2 is 2.00 bits per heavy atom. The van der Waals surface area contributed by atoms with Gasteiger partial charge in [0.2, 0.25) is 5.91 Å². The Kier molecular flexibility index (Phi) is 8.75. The monoisotopic (exact) mass is 420 g/mol. The van der Waals surface area contributed by atoms with Crippen LogP contribution >= 0.6 is 0 Å². The van der Waals surface area contributed by atoms with Crippen molar-refractivity contribution in [1.82, 2.24) is 9.47 Å². The lowest BCUT2D eigenvalue weighted by Gasteiger charge is -2.26. The molecular weight excluding hydrogens is 389 g/mol. The summed E-state index contributed by atoms with van der Waals surface area (Å²) in [6, 6.07) is 9.12. The second kappa shape index (κ2) is 11.0. The maximum atomic E-state index is 13.1. The molecule has 0 radical (unpaired) electrons. The minimum absolute atomic E-state index is 0.0169. The van der Waals surface area contributed by atoms with E-state index in [2.05, 4.69) is 13.5 Å². The van der Waals surface area contributed by atoms with E-state index in [0.29, 0.717) is 25.2 Å². The Hall–Kier alpha value is -2.50. The number of aromatic nitrogens is 1. The Labute approximate surface area is 177 Å². The van der Waals surface area contributed by atoms with E-state index in [4.69, 9.17) is 0 Å². The second-order valence-electron chi connectivity index (χ2n) is 7.58. The fourth-order valence-electron chi connectivity index (χ4n) is 3.58. The predicted molar refractivity (Wildman–Crippen MR) is 114 cm³/mol. The van der Waals surface area contributed by atoms with Crippen molar-refractivity contribution in [2.45, 2.75) is 58.8 Å². The number of rotatable bonds is 11. The van der Waals surface area contributed by atoms with Gasteiger partial charge in [0.15, 0.2) is 0 Å². The summed E-state index contributed by atoms with van der Waals surface area (Å²) in [6.07, 6.45) is 2.90. The molecule has 0 spiro atoms. The number of nitrogens with zero attached hydrogens (tertiary/aromatic N) is 2. The molecule has 0 N–H and O–H groups in total. The molecule has 0 saturated heterocycles. The van der Waals surface area contributed by atoms with Gasteiger partial charge in [-0.25, -0.2) is 0 Å². The zero-order chi connectivity index (χ0) is 22.1. The highest BCUT2D eigenvalue weighted by molar-refractivity contribution is 5.78. The number of carbonyl (C=O) groups is 1. The van der Waals surface area contributed by atoms with Crippen molar-refractivity contribution in [1.29, 1.82) is 0 Å². The summed E-state index contributed by atoms with van der Waals surface area (Å²) < 4.78 is 40.9. The number of amides is 1. The van der Waals surface area contributed by atoms with Crippen molar-refractivity contribution in [3.63, 3.8) is 0 Å². The molecule has 3 nitrogen and oxygen atoms in total. The molecule has 1 aromatic carbocycles. The molecule has 6 heteroatoms. The quantitative estimate of drug-likeness (QED) is 0.392. The van der Waals surface area contributed by atoms with Gasteiger partial charge in [-0.2, -0.15) is 13.2 Å². The largest absolute Gasteiger partial charge is 0.416 e. The van der Waals surface area contributed by atoms with Gasteiger partial charge in [0.25, 0.3) is 0 Å². The molecule has 1 aromatic heterocycles. The van der Waals surface area contributed by atoms with Gasteiger partial charge in [0.1, 0.15) is 0 Å². The highest BCUT2D eigenvalue weighted by atomic mass is 19.4. The average molecular weight is 421 g/mol. The standard InChI is InChI=1S/C24H31F3N2O/c1-4-7-11-20(6-3)23(30)29(14-5-2)18-22-13-9-15-28(22)17-19-10-8-12-21(16-19)24(25,26)27/h5,8-10,12-13,15-16,20H,2,4,6-7,11,14,17-18H2,1,3H3. The molecule has 1 amide bonds. The highest BCUT2D eigenvalue weighted by Gasteiger charge is 2.30. The van der Waals surface area contributed by atoms with E-state index >= 15 is 0 Å². The number of halogens is 3. The Balaban J connectivity index is 2.18. The van der Waals surface area contributed by atoms with Gasteiger partial charge in [0, 0.05) is 30.9 Å². The van der Waals surface area contributed by atoms with E-state index in [1.54, 1.807) is 17.0 Å². The van der Waals surface area contributed by atoms with Crippen LogP contribution in [0.2, 0.25) is 0 Å². The predicted octanol–water partition coefficient (Wildman–Crippen LogP) is 6.29. The first-order valence-corrected chi connectivity index (χ1v) is 10.5. The van der Waals surface area contributed by atoms with Gasteiger partial charge < -0.3 is 9.47 Å². The smallest absolute Gasteiger partial charge is 0.345 e. The molecule has 2 aromatic rings. The molecule has 1 heterocycles. The van der Waals surface area contributed by atoms with Gasteiger partial charge in [-0.15, -0.1) is 6.58 Å². The highest BCUT2D eigenvalue weighted by Crippen LogP contribution is 2.29. The van der Waals surface area contributed by atoms with Crippen molar-refractivity contribution in [3.8, 4) is 0 Å². The number of unbranched alkanes of at least 4 members (excludes halogenated alkanes) is 1. The van der Waals surface area contributed by atoms with Crippen molar-refractivity contribution in [3.05, 3.63) is 72.1 Å². The first-order chi connectivity index (χ1) is 14.3. The summed E-state index contributed by atoms with van der Waals surface area (Å²) >= 11 is 0. The number of hydrogen-bond acceptors (Lipinski definition) is 1. The third-order valence-electron chi connectivity index (χ3n) is 5.29. The van der Waals surface area contributed by atoms with E-state index in [1.807, 2.05) is 29.8 Å². The molecule has 164 valence electrons. The van der Waals surface area contributed by atoms with Crippen LogP contribution in [-0.2, 0) is 24.1 Å². The van der Waals surface area contributed by atoms with Crippen LogP contribution in [0.15, 0.2) is 55.3 Å². The maximum absolute atomic E-state index is 13.1. The molecule has 30 heavy (non-hydrogen) atoms. The molecule has 0 saturated carbocycles. The van der Waals surface area contributed by atoms with Crippen LogP contribution < -0.4 is 0 Å². The fourth-order valence-corrected chi connectivity index (χ4v) is 3.58. The third kappa shape index (κ3) is 6.51. The molecule has 0 aliphatic heterocycles. The van der Waals surface area contributed by atoms with Gasteiger partial charge in [-0.3, -0.25) is 4.79 Å². The molecule has 0 fully saturated rings. The van der Waals surface area contributed by atoms with Gasteiger partial charge in [0.05, 0.1) is 12.1 Å². The van der Waals surface area contributed by atoms with Crippen molar-refractivity contribution >= 4 is 5.91 Å². The first kappa shape index (κ1) is 23.8. The van der Waals surface area contributed by atoms with E-state index in [-0.39, 0.29) is 11.8 Å². The van der Waals surface area contributed by atoms with Gasteiger partial charge in [-0.05, 0) is 42.7 Å². The SMILES string of the molecule is C=CCN(Cc1cccn1Cc1cccc(C(F)(F)F)c1)C(=O)C(CC)CCCC. The number of benzene rings is 1. The van der Waals surface area contributed by atoms with Crippen LogP contribution in [0, 0.1) is 5.92 Å². The summed E-state index contributed by atoms with van der Waals surface area (Å²) in [5, 5.41) is 0. The second-order valence-corrected chi connectivity index (χ2v) is 7.58. The number of alkyl halides is 3. The van der Waals surface area contributed by atoms with Crippen LogP contribution in [0.4, 0.5) is 13.2 Å². The van der Waals surface area contributed by atoms with Crippen LogP contribution in [0.3, 0.4) is 0 Å². The zero-order valence-electron chi connectivity index (χ0n) is 17.8.